The number of phenolic OH excluding ortho intramolecular Hbond substituents is 5. The minimum atomic E-state index is -1.76. The Kier molecular flexibility index (Phi) is 10.4. The lowest BCUT2D eigenvalue weighted by Crippen LogP contribution is -2.61. The Hall–Kier alpha value is -6.77. The van der Waals surface area contributed by atoms with Crippen LogP contribution in [0, 0.1) is 0 Å². The lowest BCUT2D eigenvalue weighted by molar-refractivity contribution is -0.276. The maximum absolute atomic E-state index is 14.0. The van der Waals surface area contributed by atoms with Crippen LogP contribution in [0.4, 0.5) is 0 Å². The molecule has 1 aromatic heterocycles. The molecule has 6 rings (SSSR count). The van der Waals surface area contributed by atoms with E-state index >= 15 is 0 Å². The normalized spacial score (nSPS) is 20.1. The second-order valence-electron chi connectivity index (χ2n) is 11.9. The fourth-order valence-corrected chi connectivity index (χ4v) is 5.48. The van der Waals surface area contributed by atoms with Crippen LogP contribution in [0.3, 0.4) is 0 Å². The number of carbonyl (C=O) groups is 2. The number of hydrogen-bond donors (Lipinski definition) is 6. The van der Waals surface area contributed by atoms with E-state index in [9.17, 15) is 45.0 Å². The highest BCUT2D eigenvalue weighted by Crippen LogP contribution is 2.38. The molecular formula is C39H32O14. The SMILES string of the molecule is C[C@@H]1O[C@@H](Oc2c(-c3ccc(O)cc3)oc3cc(O)cc(O)c3c2=O)[C@H](OC(=O)/C=C/c2ccc(O)cc2)[C@H](OC(=O)/C=C\c2ccc(O)cc2)[C@H]1O. The molecule has 0 radical (unpaired) electrons. The molecule has 1 aliphatic rings. The van der Waals surface area contributed by atoms with E-state index in [1.54, 1.807) is 12.1 Å². The van der Waals surface area contributed by atoms with Crippen LogP contribution in [-0.4, -0.2) is 73.3 Å². The van der Waals surface area contributed by atoms with Crippen molar-refractivity contribution < 1.29 is 63.6 Å². The molecule has 272 valence electrons. The first kappa shape index (κ1) is 36.0. The average molecular weight is 725 g/mol. The predicted octanol–water partition coefficient (Wildman–Crippen LogP) is 4.72. The fourth-order valence-electron chi connectivity index (χ4n) is 5.48. The van der Waals surface area contributed by atoms with E-state index in [0.29, 0.717) is 11.1 Å². The van der Waals surface area contributed by atoms with Gasteiger partial charge >= 0.3 is 11.9 Å². The van der Waals surface area contributed by atoms with Gasteiger partial charge in [0, 0.05) is 29.8 Å². The number of hydrogen-bond acceptors (Lipinski definition) is 14. The Labute approximate surface area is 300 Å². The Bertz CT molecular complexity index is 2240. The third kappa shape index (κ3) is 8.25. The maximum Gasteiger partial charge on any atom is 0.331 e. The van der Waals surface area contributed by atoms with Crippen molar-refractivity contribution in [2.75, 3.05) is 0 Å². The van der Waals surface area contributed by atoms with Gasteiger partial charge in [0.1, 0.15) is 45.8 Å². The summed E-state index contributed by atoms with van der Waals surface area (Å²) in [7, 11) is 0. The first-order valence-corrected chi connectivity index (χ1v) is 16.0. The number of phenols is 5. The molecule has 0 saturated carbocycles. The summed E-state index contributed by atoms with van der Waals surface area (Å²) in [5.41, 5.74) is 0.103. The van der Waals surface area contributed by atoms with Crippen molar-refractivity contribution in [2.45, 2.75) is 37.6 Å². The third-order valence-electron chi connectivity index (χ3n) is 8.15. The molecule has 1 fully saturated rings. The van der Waals surface area contributed by atoms with Gasteiger partial charge < -0.3 is 54.0 Å². The maximum atomic E-state index is 14.0. The molecule has 0 amide bonds. The van der Waals surface area contributed by atoms with Crippen LogP contribution >= 0.6 is 0 Å². The number of esters is 2. The van der Waals surface area contributed by atoms with Crippen molar-refractivity contribution in [1.82, 2.24) is 0 Å². The molecule has 5 aromatic rings. The Balaban J connectivity index is 1.40. The van der Waals surface area contributed by atoms with Gasteiger partial charge in [0.2, 0.25) is 23.6 Å². The molecule has 0 unspecified atom stereocenters. The number of rotatable bonds is 9. The highest BCUT2D eigenvalue weighted by molar-refractivity contribution is 5.89. The summed E-state index contributed by atoms with van der Waals surface area (Å²) in [6, 6.07) is 19.2. The van der Waals surface area contributed by atoms with Gasteiger partial charge in [0.05, 0.1) is 6.10 Å². The predicted molar refractivity (Wildman–Crippen MR) is 188 cm³/mol. The lowest BCUT2D eigenvalue weighted by Gasteiger charge is -2.41. The molecule has 6 N–H and O–H groups in total. The third-order valence-corrected chi connectivity index (χ3v) is 8.15. The number of aromatic hydroxyl groups is 5. The van der Waals surface area contributed by atoms with E-state index in [1.807, 2.05) is 0 Å². The number of benzene rings is 4. The highest BCUT2D eigenvalue weighted by Gasteiger charge is 2.50. The van der Waals surface area contributed by atoms with Gasteiger partial charge in [-0.05, 0) is 78.7 Å². The summed E-state index contributed by atoms with van der Waals surface area (Å²) < 4.78 is 29.3. The molecule has 14 heteroatoms. The monoisotopic (exact) mass is 724 g/mol. The van der Waals surface area contributed by atoms with Crippen LogP contribution in [-0.2, 0) is 23.8 Å². The number of carbonyl (C=O) groups excluding carboxylic acids is 2. The van der Waals surface area contributed by atoms with Crippen molar-refractivity contribution in [1.29, 1.82) is 0 Å². The van der Waals surface area contributed by atoms with Crippen LogP contribution in [0.1, 0.15) is 18.1 Å². The zero-order valence-corrected chi connectivity index (χ0v) is 27.7. The number of fused-ring (bicyclic) bond motifs is 1. The molecule has 0 bridgehead atoms. The second kappa shape index (κ2) is 15.2. The minimum absolute atomic E-state index is 0.00579. The van der Waals surface area contributed by atoms with Gasteiger partial charge in [-0.15, -0.1) is 0 Å². The number of aliphatic hydroxyl groups excluding tert-OH is 1. The quantitative estimate of drug-likeness (QED) is 0.0894. The van der Waals surface area contributed by atoms with Crippen LogP contribution in [0.2, 0.25) is 0 Å². The highest BCUT2D eigenvalue weighted by atomic mass is 16.7. The van der Waals surface area contributed by atoms with Crippen molar-refractivity contribution in [2.24, 2.45) is 0 Å². The number of ether oxygens (including phenoxy) is 4. The molecule has 4 aromatic carbocycles. The topological polar surface area (TPSA) is 223 Å². The largest absolute Gasteiger partial charge is 0.508 e. The summed E-state index contributed by atoms with van der Waals surface area (Å²) in [5.74, 6) is -3.89. The van der Waals surface area contributed by atoms with Crippen molar-refractivity contribution in [3.05, 3.63) is 118 Å². The van der Waals surface area contributed by atoms with E-state index in [4.69, 9.17) is 23.4 Å². The van der Waals surface area contributed by atoms with Crippen LogP contribution < -0.4 is 10.2 Å². The van der Waals surface area contributed by atoms with Crippen molar-refractivity contribution in [3.8, 4) is 45.8 Å². The van der Waals surface area contributed by atoms with Gasteiger partial charge in [-0.25, -0.2) is 9.59 Å². The van der Waals surface area contributed by atoms with Gasteiger partial charge in [0.25, 0.3) is 0 Å². The average Bonchev–Trinajstić information content (AvgIpc) is 3.12. The molecule has 0 aliphatic carbocycles. The molecule has 53 heavy (non-hydrogen) atoms. The summed E-state index contributed by atoms with van der Waals surface area (Å²) in [4.78, 5) is 40.4. The second-order valence-corrected chi connectivity index (χ2v) is 11.9. The fraction of sp³-hybridized carbons (Fsp3) is 0.154. The molecule has 2 heterocycles. The summed E-state index contributed by atoms with van der Waals surface area (Å²) >= 11 is 0. The zero-order chi connectivity index (χ0) is 37.8. The van der Waals surface area contributed by atoms with E-state index in [0.717, 1.165) is 24.3 Å². The van der Waals surface area contributed by atoms with Crippen molar-refractivity contribution >= 4 is 35.1 Å². The summed E-state index contributed by atoms with van der Waals surface area (Å²) in [6.45, 7) is 1.43. The van der Waals surface area contributed by atoms with Gasteiger partial charge in [0.15, 0.2) is 11.9 Å². The van der Waals surface area contributed by atoms with Gasteiger partial charge in [-0.2, -0.15) is 0 Å². The van der Waals surface area contributed by atoms with E-state index in [2.05, 4.69) is 0 Å². The number of aliphatic hydroxyl groups is 1. The van der Waals surface area contributed by atoms with Crippen LogP contribution in [0.25, 0.3) is 34.4 Å². The van der Waals surface area contributed by atoms with Gasteiger partial charge in [-0.3, -0.25) is 4.79 Å². The molecule has 1 saturated heterocycles. The lowest BCUT2D eigenvalue weighted by atomic mass is 9.99. The summed E-state index contributed by atoms with van der Waals surface area (Å²) in [5, 5.41) is 60.6. The minimum Gasteiger partial charge on any atom is -0.508 e. The first-order chi connectivity index (χ1) is 25.4. The van der Waals surface area contributed by atoms with Crippen molar-refractivity contribution in [3.63, 3.8) is 0 Å². The molecule has 0 spiro atoms. The Morgan fingerprint density at radius 3 is 1.75 bits per heavy atom. The standard InChI is InChI=1S/C39H32O14/c1-20-33(47)36(51-30(45)16-6-21-2-10-24(40)11-3-21)38(52-31(46)17-7-22-4-12-25(41)13-5-22)39(49-20)53-37-34(48)32-28(44)18-27(43)19-29(32)50-35(37)23-8-14-26(42)15-9-23/h2-20,33,36,38-44,47H,1H3/b16-6-,17-7+/t20-,33-,36+,38+,39-/m0/s1. The van der Waals surface area contributed by atoms with E-state index in [-0.39, 0.29) is 39.5 Å². The molecular weight excluding hydrogens is 692 g/mol. The Morgan fingerprint density at radius 2 is 1.21 bits per heavy atom. The molecule has 14 nitrogen and oxygen atoms in total. The van der Waals surface area contributed by atoms with Crippen LogP contribution in [0.15, 0.2) is 106 Å². The molecule has 5 atom stereocenters. The summed E-state index contributed by atoms with van der Waals surface area (Å²) in [6.07, 6.45) is -3.00. The zero-order valence-electron chi connectivity index (χ0n) is 27.7. The Morgan fingerprint density at radius 1 is 0.698 bits per heavy atom. The smallest absolute Gasteiger partial charge is 0.331 e. The molecule has 1 aliphatic heterocycles. The van der Waals surface area contributed by atoms with E-state index < -0.39 is 65.3 Å². The first-order valence-electron chi connectivity index (χ1n) is 16.0. The van der Waals surface area contributed by atoms with Crippen LogP contribution in [0.5, 0.6) is 34.5 Å². The van der Waals surface area contributed by atoms with E-state index in [1.165, 1.54) is 79.7 Å². The van der Waals surface area contributed by atoms with Gasteiger partial charge in [-0.1, -0.05) is 24.3 Å².